The van der Waals surface area contributed by atoms with E-state index < -0.39 is 0 Å². The van der Waals surface area contributed by atoms with Gasteiger partial charge in [-0.3, -0.25) is 0 Å². The van der Waals surface area contributed by atoms with Gasteiger partial charge in [0.05, 0.1) is 5.69 Å². The fourth-order valence-electron chi connectivity index (χ4n) is 2.30. The van der Waals surface area contributed by atoms with Crippen LogP contribution in [0.2, 0.25) is 0 Å². The molecule has 0 unspecified atom stereocenters. The Kier molecular flexibility index (Phi) is 2.74. The largest absolute Gasteiger partial charge is 0.249 e. The van der Waals surface area contributed by atoms with E-state index in [1.807, 2.05) is 48.8 Å². The van der Waals surface area contributed by atoms with E-state index in [0.717, 1.165) is 33.4 Å². The smallest absolute Gasteiger partial charge is 0.159 e. The molecule has 0 amide bonds. The lowest BCUT2D eigenvalue weighted by atomic mass is 10.1. The molecular formula is C16H11N3S. The maximum atomic E-state index is 4.76. The van der Waals surface area contributed by atoms with Crippen molar-refractivity contribution in [1.29, 1.82) is 0 Å². The highest BCUT2D eigenvalue weighted by Gasteiger charge is 2.19. The molecule has 0 fully saturated rings. The summed E-state index contributed by atoms with van der Waals surface area (Å²) in [5.74, 6) is 1.65. The van der Waals surface area contributed by atoms with Crippen molar-refractivity contribution < 1.29 is 0 Å². The van der Waals surface area contributed by atoms with Crippen molar-refractivity contribution in [3.63, 3.8) is 0 Å². The summed E-state index contributed by atoms with van der Waals surface area (Å²) >= 11 is 1.74. The van der Waals surface area contributed by atoms with E-state index in [-0.39, 0.29) is 0 Å². The van der Waals surface area contributed by atoms with Crippen LogP contribution >= 0.6 is 11.8 Å². The van der Waals surface area contributed by atoms with Gasteiger partial charge < -0.3 is 0 Å². The van der Waals surface area contributed by atoms with Gasteiger partial charge in [0.15, 0.2) is 5.82 Å². The molecule has 4 rings (SSSR count). The highest BCUT2D eigenvalue weighted by molar-refractivity contribution is 7.98. The second-order valence-electron chi connectivity index (χ2n) is 4.58. The summed E-state index contributed by atoms with van der Waals surface area (Å²) in [5.41, 5.74) is 4.34. The minimum Gasteiger partial charge on any atom is -0.249 e. The number of aromatic nitrogens is 3. The Morgan fingerprint density at radius 3 is 2.75 bits per heavy atom. The highest BCUT2D eigenvalue weighted by atomic mass is 32.2. The SMILES string of the molecule is c1ccc(-c2ncc3c(n2)-c2cccnc2SC3)cc1. The highest BCUT2D eigenvalue weighted by Crippen LogP contribution is 2.39. The number of fused-ring (bicyclic) bond motifs is 3. The van der Waals surface area contributed by atoms with Gasteiger partial charge in [0.1, 0.15) is 5.03 Å². The Morgan fingerprint density at radius 1 is 0.950 bits per heavy atom. The molecule has 1 aliphatic rings. The zero-order valence-electron chi connectivity index (χ0n) is 10.7. The van der Waals surface area contributed by atoms with E-state index in [4.69, 9.17) is 4.98 Å². The summed E-state index contributed by atoms with van der Waals surface area (Å²) in [6.45, 7) is 0. The van der Waals surface area contributed by atoms with Gasteiger partial charge in [-0.15, -0.1) is 11.8 Å². The van der Waals surface area contributed by atoms with Crippen molar-refractivity contribution in [2.24, 2.45) is 0 Å². The molecule has 0 radical (unpaired) electrons. The summed E-state index contributed by atoms with van der Waals surface area (Å²) in [5, 5.41) is 1.05. The van der Waals surface area contributed by atoms with Crippen LogP contribution in [0.3, 0.4) is 0 Å². The van der Waals surface area contributed by atoms with Crippen LogP contribution in [0, 0.1) is 0 Å². The molecule has 1 aliphatic heterocycles. The molecule has 1 aromatic carbocycles. The summed E-state index contributed by atoms with van der Waals surface area (Å²) in [6, 6.07) is 14.1. The summed E-state index contributed by atoms with van der Waals surface area (Å²) < 4.78 is 0. The maximum absolute atomic E-state index is 4.76. The van der Waals surface area contributed by atoms with E-state index in [2.05, 4.69) is 16.0 Å². The van der Waals surface area contributed by atoms with Crippen LogP contribution in [0.25, 0.3) is 22.6 Å². The van der Waals surface area contributed by atoms with Gasteiger partial charge in [-0.05, 0) is 12.1 Å². The number of benzene rings is 1. The van der Waals surface area contributed by atoms with Gasteiger partial charge in [-0.2, -0.15) is 0 Å². The molecule has 0 spiro atoms. The predicted octanol–water partition coefficient (Wildman–Crippen LogP) is 3.81. The van der Waals surface area contributed by atoms with Gasteiger partial charge in [0.25, 0.3) is 0 Å². The van der Waals surface area contributed by atoms with Crippen LogP contribution in [0.1, 0.15) is 5.56 Å². The molecule has 3 heterocycles. The molecule has 3 nitrogen and oxygen atoms in total. The van der Waals surface area contributed by atoms with Gasteiger partial charge in [0.2, 0.25) is 0 Å². The Labute approximate surface area is 121 Å². The molecule has 0 atom stereocenters. The molecule has 3 aromatic rings. The van der Waals surface area contributed by atoms with Crippen molar-refractivity contribution in [2.45, 2.75) is 10.8 Å². The molecule has 0 bridgehead atoms. The summed E-state index contributed by atoms with van der Waals surface area (Å²) in [4.78, 5) is 13.7. The third kappa shape index (κ3) is 1.89. The van der Waals surface area contributed by atoms with Crippen molar-refractivity contribution in [1.82, 2.24) is 15.0 Å². The van der Waals surface area contributed by atoms with Gasteiger partial charge in [0, 0.05) is 34.8 Å². The lowest BCUT2D eigenvalue weighted by molar-refractivity contribution is 1.07. The molecule has 0 N–H and O–H groups in total. The van der Waals surface area contributed by atoms with E-state index in [0.29, 0.717) is 0 Å². The number of nitrogens with zero attached hydrogens (tertiary/aromatic N) is 3. The van der Waals surface area contributed by atoms with Crippen molar-refractivity contribution in [3.05, 3.63) is 60.4 Å². The quantitative estimate of drug-likeness (QED) is 0.678. The fourth-order valence-corrected chi connectivity index (χ4v) is 3.26. The monoisotopic (exact) mass is 277 g/mol. The molecular weight excluding hydrogens is 266 g/mol. The first kappa shape index (κ1) is 11.6. The molecule has 96 valence electrons. The summed E-state index contributed by atoms with van der Waals surface area (Å²) in [7, 11) is 0. The number of rotatable bonds is 1. The molecule has 0 saturated carbocycles. The Hall–Kier alpha value is -2.20. The Bertz CT molecular complexity index is 772. The predicted molar refractivity (Wildman–Crippen MR) is 80.3 cm³/mol. The first-order valence-corrected chi connectivity index (χ1v) is 7.40. The minimum atomic E-state index is 0.769. The van der Waals surface area contributed by atoms with Crippen LogP contribution in [-0.4, -0.2) is 15.0 Å². The molecule has 0 saturated heterocycles. The number of hydrogen-bond acceptors (Lipinski definition) is 4. The van der Waals surface area contributed by atoms with Crippen LogP contribution in [0.15, 0.2) is 59.9 Å². The topological polar surface area (TPSA) is 38.7 Å². The molecule has 2 aromatic heterocycles. The standard InChI is InChI=1S/C16H11N3S/c1-2-5-11(6-3-1)15-18-9-12-10-20-16-13(14(12)19-15)7-4-8-17-16/h1-9H,10H2. The molecule has 0 aliphatic carbocycles. The first-order valence-electron chi connectivity index (χ1n) is 6.41. The van der Waals surface area contributed by atoms with Crippen molar-refractivity contribution in [3.8, 4) is 22.6 Å². The third-order valence-electron chi connectivity index (χ3n) is 3.29. The maximum Gasteiger partial charge on any atom is 0.159 e. The zero-order valence-corrected chi connectivity index (χ0v) is 11.5. The average Bonchev–Trinajstić information content (AvgIpc) is 2.55. The van der Waals surface area contributed by atoms with E-state index >= 15 is 0 Å². The van der Waals surface area contributed by atoms with Crippen molar-refractivity contribution in [2.75, 3.05) is 0 Å². The van der Waals surface area contributed by atoms with Crippen LogP contribution < -0.4 is 0 Å². The van der Waals surface area contributed by atoms with Crippen LogP contribution in [0.5, 0.6) is 0 Å². The lowest BCUT2D eigenvalue weighted by Crippen LogP contribution is -2.03. The number of pyridine rings is 1. The lowest BCUT2D eigenvalue weighted by Gasteiger charge is -2.17. The average molecular weight is 277 g/mol. The Balaban J connectivity index is 1.90. The second kappa shape index (κ2) is 4.72. The minimum absolute atomic E-state index is 0.769. The van der Waals surface area contributed by atoms with Gasteiger partial charge >= 0.3 is 0 Å². The Morgan fingerprint density at radius 2 is 1.85 bits per heavy atom. The van der Waals surface area contributed by atoms with Crippen LogP contribution in [-0.2, 0) is 5.75 Å². The molecule has 4 heteroatoms. The first-order chi connectivity index (χ1) is 9.92. The fraction of sp³-hybridized carbons (Fsp3) is 0.0625. The van der Waals surface area contributed by atoms with Gasteiger partial charge in [-0.25, -0.2) is 15.0 Å². The third-order valence-corrected chi connectivity index (χ3v) is 4.34. The van der Waals surface area contributed by atoms with Crippen molar-refractivity contribution >= 4 is 11.8 Å². The van der Waals surface area contributed by atoms with E-state index in [1.54, 1.807) is 11.8 Å². The normalized spacial score (nSPS) is 12.6. The van der Waals surface area contributed by atoms with Gasteiger partial charge in [-0.1, -0.05) is 30.3 Å². The van der Waals surface area contributed by atoms with Crippen LogP contribution in [0.4, 0.5) is 0 Å². The summed E-state index contributed by atoms with van der Waals surface area (Å²) in [6.07, 6.45) is 3.77. The molecule has 20 heavy (non-hydrogen) atoms. The number of hydrogen-bond donors (Lipinski definition) is 0. The number of thioether (sulfide) groups is 1. The zero-order chi connectivity index (χ0) is 13.4. The second-order valence-corrected chi connectivity index (χ2v) is 5.54. The van der Waals surface area contributed by atoms with E-state index in [1.165, 1.54) is 5.56 Å². The van der Waals surface area contributed by atoms with E-state index in [9.17, 15) is 0 Å².